The third-order valence-electron chi connectivity index (χ3n) is 5.35. The Morgan fingerprint density at radius 3 is 2.81 bits per heavy atom. The Bertz CT molecular complexity index is 719. The molecule has 1 heterocycles. The SMILES string of the molecule is Cc1cc(C)c(NC(=O)C2CC(=O)N(CCC3=CCCCC3)C2)c(Cl)c1. The Hall–Kier alpha value is -1.81. The maximum Gasteiger partial charge on any atom is 0.229 e. The first-order valence-corrected chi connectivity index (χ1v) is 9.85. The van der Waals surface area contributed by atoms with Gasteiger partial charge in [0.25, 0.3) is 0 Å². The smallest absolute Gasteiger partial charge is 0.229 e. The average molecular weight is 375 g/mol. The summed E-state index contributed by atoms with van der Waals surface area (Å²) in [5.74, 6) is -0.348. The number of rotatable bonds is 5. The van der Waals surface area contributed by atoms with Crippen LogP contribution in [0.2, 0.25) is 5.02 Å². The molecule has 1 aliphatic heterocycles. The maximum atomic E-state index is 12.6. The third kappa shape index (κ3) is 4.47. The van der Waals surface area contributed by atoms with E-state index in [2.05, 4.69) is 11.4 Å². The Kier molecular flexibility index (Phi) is 6.02. The number of halogens is 1. The highest BCUT2D eigenvalue weighted by molar-refractivity contribution is 6.34. The largest absolute Gasteiger partial charge is 0.342 e. The lowest BCUT2D eigenvalue weighted by Gasteiger charge is -2.19. The lowest BCUT2D eigenvalue weighted by Crippen LogP contribution is -2.29. The van der Waals surface area contributed by atoms with Gasteiger partial charge in [0.15, 0.2) is 0 Å². The van der Waals surface area contributed by atoms with Gasteiger partial charge in [-0.3, -0.25) is 9.59 Å². The minimum Gasteiger partial charge on any atom is -0.342 e. The molecule has 2 aliphatic rings. The summed E-state index contributed by atoms with van der Waals surface area (Å²) < 4.78 is 0. The van der Waals surface area contributed by atoms with Crippen molar-refractivity contribution in [2.75, 3.05) is 18.4 Å². The first kappa shape index (κ1) is 19.0. The number of benzene rings is 1. The van der Waals surface area contributed by atoms with Crippen LogP contribution in [0.4, 0.5) is 5.69 Å². The van der Waals surface area contributed by atoms with Gasteiger partial charge in [0.2, 0.25) is 11.8 Å². The van der Waals surface area contributed by atoms with Crippen molar-refractivity contribution in [3.8, 4) is 0 Å². The van der Waals surface area contributed by atoms with Gasteiger partial charge in [-0.25, -0.2) is 0 Å². The molecule has 140 valence electrons. The number of anilines is 1. The van der Waals surface area contributed by atoms with Gasteiger partial charge in [-0.15, -0.1) is 0 Å². The molecule has 1 saturated heterocycles. The van der Waals surface area contributed by atoms with E-state index in [4.69, 9.17) is 11.6 Å². The van der Waals surface area contributed by atoms with Crippen LogP contribution in [0.1, 0.15) is 49.7 Å². The lowest BCUT2D eigenvalue weighted by molar-refractivity contribution is -0.128. The molecule has 3 rings (SSSR count). The first-order chi connectivity index (χ1) is 12.4. The Labute approximate surface area is 160 Å². The fraction of sp³-hybridized carbons (Fsp3) is 0.524. The van der Waals surface area contributed by atoms with Crippen LogP contribution in [-0.4, -0.2) is 29.8 Å². The number of amides is 2. The molecule has 1 unspecified atom stereocenters. The van der Waals surface area contributed by atoms with Crippen molar-refractivity contribution in [2.24, 2.45) is 5.92 Å². The van der Waals surface area contributed by atoms with Crippen molar-refractivity contribution < 1.29 is 9.59 Å². The Morgan fingerprint density at radius 2 is 2.12 bits per heavy atom. The highest BCUT2D eigenvalue weighted by Crippen LogP contribution is 2.29. The standard InChI is InChI=1S/C21H27ClN2O2/c1-14-10-15(2)20(18(22)11-14)23-21(26)17-12-19(25)24(13-17)9-8-16-6-4-3-5-7-16/h6,10-11,17H,3-5,7-9,12-13H2,1-2H3,(H,23,26). The molecule has 5 heteroatoms. The van der Waals surface area contributed by atoms with E-state index in [1.165, 1.54) is 18.4 Å². The molecule has 1 fully saturated rings. The van der Waals surface area contributed by atoms with E-state index in [0.29, 0.717) is 17.3 Å². The van der Waals surface area contributed by atoms with Crippen molar-refractivity contribution in [3.63, 3.8) is 0 Å². The summed E-state index contributed by atoms with van der Waals surface area (Å²) in [6, 6.07) is 3.83. The van der Waals surface area contributed by atoms with E-state index in [-0.39, 0.29) is 24.2 Å². The van der Waals surface area contributed by atoms with Crippen LogP contribution in [-0.2, 0) is 9.59 Å². The van der Waals surface area contributed by atoms with Crippen LogP contribution in [0, 0.1) is 19.8 Å². The average Bonchev–Trinajstić information content (AvgIpc) is 2.98. The lowest BCUT2D eigenvalue weighted by atomic mass is 9.97. The highest BCUT2D eigenvalue weighted by Gasteiger charge is 2.34. The van der Waals surface area contributed by atoms with E-state index in [0.717, 1.165) is 36.9 Å². The minimum absolute atomic E-state index is 0.0771. The molecule has 0 saturated carbocycles. The van der Waals surface area contributed by atoms with Gasteiger partial charge < -0.3 is 10.2 Å². The summed E-state index contributed by atoms with van der Waals surface area (Å²) in [5, 5.41) is 3.48. The van der Waals surface area contributed by atoms with E-state index in [9.17, 15) is 9.59 Å². The first-order valence-electron chi connectivity index (χ1n) is 9.47. The maximum absolute atomic E-state index is 12.6. The summed E-state index contributed by atoms with van der Waals surface area (Å²) in [6.07, 6.45) is 8.37. The summed E-state index contributed by atoms with van der Waals surface area (Å²) in [7, 11) is 0. The summed E-state index contributed by atoms with van der Waals surface area (Å²) in [6.45, 7) is 5.12. The Balaban J connectivity index is 1.58. The van der Waals surface area contributed by atoms with Crippen molar-refractivity contribution in [1.82, 2.24) is 4.90 Å². The molecule has 1 aromatic rings. The second-order valence-corrected chi connectivity index (χ2v) is 7.93. The summed E-state index contributed by atoms with van der Waals surface area (Å²) in [5.41, 5.74) is 4.11. The van der Waals surface area contributed by atoms with Crippen LogP contribution in [0.25, 0.3) is 0 Å². The van der Waals surface area contributed by atoms with E-state index in [1.807, 2.05) is 30.9 Å². The van der Waals surface area contributed by atoms with Crippen LogP contribution < -0.4 is 5.32 Å². The second kappa shape index (κ2) is 8.26. The van der Waals surface area contributed by atoms with Crippen LogP contribution in [0.15, 0.2) is 23.8 Å². The van der Waals surface area contributed by atoms with Crippen molar-refractivity contribution in [3.05, 3.63) is 39.9 Å². The second-order valence-electron chi connectivity index (χ2n) is 7.53. The number of allylic oxidation sites excluding steroid dienone is 1. The molecule has 0 aromatic heterocycles. The molecule has 0 radical (unpaired) electrons. The molecule has 1 N–H and O–H groups in total. The number of nitrogens with zero attached hydrogens (tertiary/aromatic N) is 1. The highest BCUT2D eigenvalue weighted by atomic mass is 35.5. The zero-order valence-corrected chi connectivity index (χ0v) is 16.4. The third-order valence-corrected chi connectivity index (χ3v) is 5.65. The zero-order valence-electron chi connectivity index (χ0n) is 15.6. The van der Waals surface area contributed by atoms with Crippen molar-refractivity contribution >= 4 is 29.1 Å². The summed E-state index contributed by atoms with van der Waals surface area (Å²) >= 11 is 6.28. The van der Waals surface area contributed by atoms with Gasteiger partial charge in [-0.1, -0.05) is 29.3 Å². The normalized spacial score (nSPS) is 20.3. The van der Waals surface area contributed by atoms with Gasteiger partial charge in [0.1, 0.15) is 0 Å². The molecule has 4 nitrogen and oxygen atoms in total. The zero-order chi connectivity index (χ0) is 18.7. The van der Waals surface area contributed by atoms with Crippen molar-refractivity contribution in [2.45, 2.75) is 52.4 Å². The molecule has 0 spiro atoms. The molecule has 2 amide bonds. The van der Waals surface area contributed by atoms with Gasteiger partial charge in [0.05, 0.1) is 16.6 Å². The predicted molar refractivity (Wildman–Crippen MR) is 105 cm³/mol. The number of carbonyl (C=O) groups is 2. The number of hydrogen-bond donors (Lipinski definition) is 1. The molecule has 26 heavy (non-hydrogen) atoms. The fourth-order valence-corrected chi connectivity index (χ4v) is 4.24. The van der Waals surface area contributed by atoms with Gasteiger partial charge in [-0.2, -0.15) is 0 Å². The van der Waals surface area contributed by atoms with Gasteiger partial charge >= 0.3 is 0 Å². The van der Waals surface area contributed by atoms with E-state index >= 15 is 0 Å². The van der Waals surface area contributed by atoms with Gasteiger partial charge in [0, 0.05) is 19.5 Å². The van der Waals surface area contributed by atoms with Crippen LogP contribution in [0.5, 0.6) is 0 Å². The number of hydrogen-bond acceptors (Lipinski definition) is 2. The topological polar surface area (TPSA) is 49.4 Å². The molecule has 0 bridgehead atoms. The number of likely N-dealkylation sites (tertiary alicyclic amines) is 1. The number of carbonyl (C=O) groups excluding carboxylic acids is 2. The Morgan fingerprint density at radius 1 is 1.31 bits per heavy atom. The molecular formula is C21H27ClN2O2. The monoisotopic (exact) mass is 374 g/mol. The summed E-state index contributed by atoms with van der Waals surface area (Å²) in [4.78, 5) is 26.8. The van der Waals surface area contributed by atoms with Crippen LogP contribution in [0.3, 0.4) is 0 Å². The molecular weight excluding hydrogens is 348 g/mol. The minimum atomic E-state index is -0.306. The molecule has 1 aliphatic carbocycles. The van der Waals surface area contributed by atoms with Crippen LogP contribution >= 0.6 is 11.6 Å². The van der Waals surface area contributed by atoms with Gasteiger partial charge in [-0.05, 0) is 63.1 Å². The molecule has 1 aromatic carbocycles. The van der Waals surface area contributed by atoms with E-state index in [1.54, 1.807) is 0 Å². The quantitative estimate of drug-likeness (QED) is 0.763. The fourth-order valence-electron chi connectivity index (χ4n) is 3.87. The number of nitrogens with one attached hydrogen (secondary N) is 1. The van der Waals surface area contributed by atoms with Crippen molar-refractivity contribution in [1.29, 1.82) is 0 Å². The number of aryl methyl sites for hydroxylation is 2. The van der Waals surface area contributed by atoms with E-state index < -0.39 is 0 Å². The predicted octanol–water partition coefficient (Wildman–Crippen LogP) is 4.63. The molecule has 1 atom stereocenters.